The number of amides is 1. The van der Waals surface area contributed by atoms with E-state index in [9.17, 15) is 9.90 Å². The Morgan fingerprint density at radius 2 is 1.89 bits per heavy atom. The van der Waals surface area contributed by atoms with Crippen LogP contribution >= 0.6 is 11.6 Å². The van der Waals surface area contributed by atoms with Crippen molar-refractivity contribution >= 4 is 23.2 Å². The molecule has 1 amide bonds. The molecule has 1 atom stereocenters. The second-order valence-electron chi connectivity index (χ2n) is 4.66. The number of nitrogens with one attached hydrogen (secondary N) is 1. The molecule has 1 heterocycles. The summed E-state index contributed by atoms with van der Waals surface area (Å²) in [5.74, 6) is -0.409. The topological polar surface area (TPSA) is 49.3 Å². The summed E-state index contributed by atoms with van der Waals surface area (Å²) in [4.78, 5) is 12.2. The quantitative estimate of drug-likeness (QED) is 0.839. The summed E-state index contributed by atoms with van der Waals surface area (Å²) in [5.41, 5.74) is 0.574. The largest absolute Gasteiger partial charge is 0.375 e. The second-order valence-corrected chi connectivity index (χ2v) is 5.10. The van der Waals surface area contributed by atoms with Crippen LogP contribution in [0.1, 0.15) is 11.1 Å². The van der Waals surface area contributed by atoms with E-state index in [0.717, 1.165) is 5.56 Å². The van der Waals surface area contributed by atoms with Crippen LogP contribution in [-0.4, -0.2) is 11.0 Å². The van der Waals surface area contributed by atoms with Gasteiger partial charge in [-0.05, 0) is 29.3 Å². The van der Waals surface area contributed by atoms with Crippen molar-refractivity contribution in [3.05, 3.63) is 64.7 Å². The SMILES string of the molecule is O=C1Nc2ccc(Cl)cc2C[C@]1(O)c1ccccc1. The third-order valence-electron chi connectivity index (χ3n) is 3.39. The van der Waals surface area contributed by atoms with Gasteiger partial charge in [0, 0.05) is 17.1 Å². The summed E-state index contributed by atoms with van der Waals surface area (Å²) in [5, 5.41) is 14.0. The zero-order valence-corrected chi connectivity index (χ0v) is 10.8. The van der Waals surface area contributed by atoms with Gasteiger partial charge in [0.15, 0.2) is 5.60 Å². The standard InChI is InChI=1S/C15H12ClNO2/c16-12-6-7-13-10(8-12)9-15(19,14(18)17-13)11-4-2-1-3-5-11/h1-8,19H,9H2,(H,17,18)/t15-/m0/s1. The van der Waals surface area contributed by atoms with Crippen molar-refractivity contribution in [2.45, 2.75) is 12.0 Å². The van der Waals surface area contributed by atoms with Gasteiger partial charge < -0.3 is 10.4 Å². The minimum absolute atomic E-state index is 0.221. The molecule has 1 aliphatic rings. The molecule has 0 aliphatic carbocycles. The Morgan fingerprint density at radius 3 is 2.63 bits per heavy atom. The first-order valence-electron chi connectivity index (χ1n) is 5.97. The molecule has 2 N–H and O–H groups in total. The number of aliphatic hydroxyl groups is 1. The number of carbonyl (C=O) groups is 1. The van der Waals surface area contributed by atoms with Crippen molar-refractivity contribution in [3.63, 3.8) is 0 Å². The van der Waals surface area contributed by atoms with Gasteiger partial charge in [-0.3, -0.25) is 4.79 Å². The number of halogens is 1. The fourth-order valence-electron chi connectivity index (χ4n) is 2.36. The summed E-state index contributed by atoms with van der Waals surface area (Å²) in [6.45, 7) is 0. The molecule has 3 nitrogen and oxygen atoms in total. The highest BCUT2D eigenvalue weighted by atomic mass is 35.5. The van der Waals surface area contributed by atoms with Gasteiger partial charge in [0.2, 0.25) is 0 Å². The van der Waals surface area contributed by atoms with Gasteiger partial charge in [0.1, 0.15) is 0 Å². The molecule has 0 aromatic heterocycles. The Hall–Kier alpha value is -1.84. The average molecular weight is 274 g/mol. The number of hydrogen-bond donors (Lipinski definition) is 2. The van der Waals surface area contributed by atoms with Crippen LogP contribution in [0.4, 0.5) is 5.69 Å². The van der Waals surface area contributed by atoms with Crippen LogP contribution in [-0.2, 0) is 16.8 Å². The minimum Gasteiger partial charge on any atom is -0.375 e. The molecule has 0 saturated carbocycles. The molecule has 96 valence electrons. The lowest BCUT2D eigenvalue weighted by Gasteiger charge is -2.33. The highest BCUT2D eigenvalue weighted by Crippen LogP contribution is 2.35. The molecule has 0 saturated heterocycles. The Balaban J connectivity index is 2.08. The van der Waals surface area contributed by atoms with Crippen LogP contribution in [0.25, 0.3) is 0 Å². The molecule has 0 unspecified atom stereocenters. The van der Waals surface area contributed by atoms with Crippen LogP contribution < -0.4 is 5.32 Å². The van der Waals surface area contributed by atoms with E-state index in [1.807, 2.05) is 6.07 Å². The van der Waals surface area contributed by atoms with E-state index in [-0.39, 0.29) is 6.42 Å². The molecular weight excluding hydrogens is 262 g/mol. The summed E-state index contributed by atoms with van der Waals surface area (Å²) < 4.78 is 0. The van der Waals surface area contributed by atoms with Crippen molar-refractivity contribution in [1.82, 2.24) is 0 Å². The molecule has 2 aromatic rings. The molecule has 4 heteroatoms. The normalized spacial score (nSPS) is 21.7. The number of fused-ring (bicyclic) bond motifs is 1. The maximum atomic E-state index is 12.2. The average Bonchev–Trinajstić information content (AvgIpc) is 2.41. The highest BCUT2D eigenvalue weighted by Gasteiger charge is 2.41. The van der Waals surface area contributed by atoms with Gasteiger partial charge in [0.05, 0.1) is 0 Å². The lowest BCUT2D eigenvalue weighted by atomic mass is 9.83. The lowest BCUT2D eigenvalue weighted by molar-refractivity contribution is -0.135. The van der Waals surface area contributed by atoms with Gasteiger partial charge in [-0.2, -0.15) is 0 Å². The third-order valence-corrected chi connectivity index (χ3v) is 3.62. The number of hydrogen-bond acceptors (Lipinski definition) is 2. The molecule has 0 fully saturated rings. The van der Waals surface area contributed by atoms with Crippen molar-refractivity contribution in [2.75, 3.05) is 5.32 Å². The van der Waals surface area contributed by atoms with Crippen LogP contribution in [0.3, 0.4) is 0 Å². The first-order chi connectivity index (χ1) is 9.09. The number of rotatable bonds is 1. The molecule has 0 radical (unpaired) electrons. The van der Waals surface area contributed by atoms with Crippen LogP contribution in [0.2, 0.25) is 5.02 Å². The summed E-state index contributed by atoms with van der Waals surface area (Å²) in [7, 11) is 0. The molecule has 0 bridgehead atoms. The first kappa shape index (κ1) is 12.2. The Kier molecular flexibility index (Phi) is 2.81. The molecule has 19 heavy (non-hydrogen) atoms. The van der Waals surface area contributed by atoms with E-state index in [1.54, 1.807) is 42.5 Å². The highest BCUT2D eigenvalue weighted by molar-refractivity contribution is 6.30. The van der Waals surface area contributed by atoms with E-state index in [0.29, 0.717) is 16.3 Å². The summed E-state index contributed by atoms with van der Waals surface area (Å²) in [6.07, 6.45) is 0.221. The molecule has 1 aliphatic heterocycles. The maximum absolute atomic E-state index is 12.2. The van der Waals surface area contributed by atoms with Crippen LogP contribution in [0.5, 0.6) is 0 Å². The zero-order valence-electron chi connectivity index (χ0n) is 10.1. The van der Waals surface area contributed by atoms with Crippen LogP contribution in [0, 0.1) is 0 Å². The predicted molar refractivity (Wildman–Crippen MR) is 74.1 cm³/mol. The predicted octanol–water partition coefficient (Wildman–Crippen LogP) is 2.72. The van der Waals surface area contributed by atoms with Crippen molar-refractivity contribution in [2.24, 2.45) is 0 Å². The molecule has 2 aromatic carbocycles. The van der Waals surface area contributed by atoms with Gasteiger partial charge in [-0.1, -0.05) is 41.9 Å². The summed E-state index contributed by atoms with van der Waals surface area (Å²) in [6, 6.07) is 14.2. The van der Waals surface area contributed by atoms with Crippen molar-refractivity contribution in [3.8, 4) is 0 Å². The minimum atomic E-state index is -1.54. The van der Waals surface area contributed by atoms with Gasteiger partial charge in [-0.25, -0.2) is 0 Å². The van der Waals surface area contributed by atoms with Gasteiger partial charge in [0.25, 0.3) is 5.91 Å². The first-order valence-corrected chi connectivity index (χ1v) is 6.35. The Labute approximate surface area is 115 Å². The number of carbonyl (C=O) groups excluding carboxylic acids is 1. The van der Waals surface area contributed by atoms with Gasteiger partial charge >= 0.3 is 0 Å². The Morgan fingerprint density at radius 1 is 1.16 bits per heavy atom. The van der Waals surface area contributed by atoms with E-state index in [4.69, 9.17) is 11.6 Å². The maximum Gasteiger partial charge on any atom is 0.261 e. The smallest absolute Gasteiger partial charge is 0.261 e. The second kappa shape index (κ2) is 4.37. The molecule has 0 spiro atoms. The van der Waals surface area contributed by atoms with Gasteiger partial charge in [-0.15, -0.1) is 0 Å². The van der Waals surface area contributed by atoms with E-state index in [2.05, 4.69) is 5.32 Å². The van der Waals surface area contributed by atoms with Crippen LogP contribution in [0.15, 0.2) is 48.5 Å². The van der Waals surface area contributed by atoms with E-state index < -0.39 is 11.5 Å². The van der Waals surface area contributed by atoms with Crippen molar-refractivity contribution in [1.29, 1.82) is 0 Å². The Bertz CT molecular complexity index is 642. The number of benzene rings is 2. The number of anilines is 1. The zero-order chi connectivity index (χ0) is 13.5. The molecule has 3 rings (SSSR count). The lowest BCUT2D eigenvalue weighted by Crippen LogP contribution is -2.45. The van der Waals surface area contributed by atoms with Crippen molar-refractivity contribution < 1.29 is 9.90 Å². The third kappa shape index (κ3) is 2.01. The van der Waals surface area contributed by atoms with E-state index in [1.165, 1.54) is 0 Å². The fraction of sp³-hybridized carbons (Fsp3) is 0.133. The molecular formula is C15H12ClNO2. The monoisotopic (exact) mass is 273 g/mol. The fourth-order valence-corrected chi connectivity index (χ4v) is 2.55. The summed E-state index contributed by atoms with van der Waals surface area (Å²) >= 11 is 5.96. The van der Waals surface area contributed by atoms with E-state index >= 15 is 0 Å².